The fraction of sp³-hybridized carbons (Fsp3) is 0.833. The van der Waals surface area contributed by atoms with Crippen LogP contribution in [0.5, 0.6) is 0 Å². The number of ether oxygens (including phenoxy) is 1. The molecule has 0 aromatic carbocycles. The first-order chi connectivity index (χ1) is 8.67. The number of rotatable bonds is 8. The standard InChI is InChI=1S/C12H23NO6.H3N/c1-7(19-4)8(11(17)18)5-13-10(16)9(15)12(2,3)6-14;/h7-9,14-15H,5-6H2,1-4H3,(H,13,16)(H,17,18);1H3. The number of carboxylic acid groups (broad SMARTS) is 1. The van der Waals surface area contributed by atoms with Gasteiger partial charge in [-0.3, -0.25) is 9.59 Å². The highest BCUT2D eigenvalue weighted by atomic mass is 16.5. The van der Waals surface area contributed by atoms with Crippen molar-refractivity contribution >= 4 is 11.9 Å². The first-order valence-corrected chi connectivity index (χ1v) is 5.99. The third-order valence-electron chi connectivity index (χ3n) is 3.15. The van der Waals surface area contributed by atoms with Crippen LogP contribution in [0.25, 0.3) is 0 Å². The van der Waals surface area contributed by atoms with Crippen LogP contribution in [0, 0.1) is 11.3 Å². The number of methoxy groups -OCH3 is 1. The van der Waals surface area contributed by atoms with Crippen LogP contribution < -0.4 is 11.5 Å². The minimum absolute atomic E-state index is 0. The molecular weight excluding hydrogens is 268 g/mol. The maximum atomic E-state index is 11.7. The van der Waals surface area contributed by atoms with Gasteiger partial charge in [0.2, 0.25) is 5.91 Å². The van der Waals surface area contributed by atoms with E-state index in [0.717, 1.165) is 0 Å². The number of aliphatic hydroxyl groups is 2. The summed E-state index contributed by atoms with van der Waals surface area (Å²) >= 11 is 0. The minimum Gasteiger partial charge on any atom is -0.481 e. The number of hydrogen-bond donors (Lipinski definition) is 5. The second kappa shape index (κ2) is 8.85. The molecule has 3 atom stereocenters. The summed E-state index contributed by atoms with van der Waals surface area (Å²) in [5.41, 5.74) is -0.990. The number of carbonyl (C=O) groups excluding carboxylic acids is 1. The van der Waals surface area contributed by atoms with Crippen molar-refractivity contribution in [1.29, 1.82) is 0 Å². The van der Waals surface area contributed by atoms with Gasteiger partial charge in [0.05, 0.1) is 18.6 Å². The molecule has 0 saturated carbocycles. The van der Waals surface area contributed by atoms with Crippen LogP contribution in [0.1, 0.15) is 20.8 Å². The second-order valence-electron chi connectivity index (χ2n) is 5.18. The van der Waals surface area contributed by atoms with E-state index in [-0.39, 0.29) is 19.3 Å². The SMILES string of the molecule is COC(C)C(CNC(=O)C(O)C(C)(C)CO)C(=O)O.N. The lowest BCUT2D eigenvalue weighted by Gasteiger charge is -2.28. The van der Waals surface area contributed by atoms with E-state index in [0.29, 0.717) is 0 Å². The van der Waals surface area contributed by atoms with Gasteiger partial charge in [-0.2, -0.15) is 0 Å². The molecule has 0 aliphatic rings. The zero-order valence-electron chi connectivity index (χ0n) is 12.4. The van der Waals surface area contributed by atoms with E-state index in [2.05, 4.69) is 5.32 Å². The molecular formula is C12H26N2O6. The molecule has 3 unspecified atom stereocenters. The third kappa shape index (κ3) is 5.83. The number of nitrogens with one attached hydrogen (secondary N) is 1. The molecule has 8 nitrogen and oxygen atoms in total. The van der Waals surface area contributed by atoms with E-state index in [9.17, 15) is 14.7 Å². The molecule has 0 bridgehead atoms. The van der Waals surface area contributed by atoms with Crippen LogP contribution in [0.4, 0.5) is 0 Å². The number of aliphatic carboxylic acids is 1. The van der Waals surface area contributed by atoms with Gasteiger partial charge < -0.3 is 31.5 Å². The van der Waals surface area contributed by atoms with Crippen molar-refractivity contribution in [2.45, 2.75) is 33.0 Å². The summed E-state index contributed by atoms with van der Waals surface area (Å²) in [5, 5.41) is 30.2. The smallest absolute Gasteiger partial charge is 0.310 e. The van der Waals surface area contributed by atoms with E-state index >= 15 is 0 Å². The van der Waals surface area contributed by atoms with Gasteiger partial charge >= 0.3 is 5.97 Å². The summed E-state index contributed by atoms with van der Waals surface area (Å²) in [6, 6.07) is 0. The minimum atomic E-state index is -1.41. The Bertz CT molecular complexity index is 321. The summed E-state index contributed by atoms with van der Waals surface area (Å²) in [7, 11) is 1.38. The predicted molar refractivity (Wildman–Crippen MR) is 72.5 cm³/mol. The fourth-order valence-corrected chi connectivity index (χ4v) is 1.37. The van der Waals surface area contributed by atoms with Gasteiger partial charge in [0, 0.05) is 19.1 Å². The Morgan fingerprint density at radius 1 is 1.35 bits per heavy atom. The number of carboxylic acids is 1. The fourth-order valence-electron chi connectivity index (χ4n) is 1.37. The van der Waals surface area contributed by atoms with Crippen molar-refractivity contribution in [3.05, 3.63) is 0 Å². The summed E-state index contributed by atoms with van der Waals surface area (Å²) < 4.78 is 4.92. The molecule has 7 N–H and O–H groups in total. The van der Waals surface area contributed by atoms with Crippen molar-refractivity contribution in [1.82, 2.24) is 11.5 Å². The van der Waals surface area contributed by atoms with Crippen LogP contribution in [0.2, 0.25) is 0 Å². The van der Waals surface area contributed by atoms with Gasteiger partial charge in [0.15, 0.2) is 0 Å². The molecule has 120 valence electrons. The topological polar surface area (TPSA) is 151 Å². The van der Waals surface area contributed by atoms with Gasteiger partial charge in [-0.25, -0.2) is 0 Å². The predicted octanol–water partition coefficient (Wildman–Crippen LogP) is -0.620. The number of amides is 1. The molecule has 1 amide bonds. The molecule has 0 saturated heterocycles. The van der Waals surface area contributed by atoms with Crippen LogP contribution >= 0.6 is 0 Å². The average Bonchev–Trinajstić information content (AvgIpc) is 2.36. The molecule has 8 heteroatoms. The Kier molecular flexibility index (Phi) is 9.33. The van der Waals surface area contributed by atoms with Crippen molar-refractivity contribution in [3.63, 3.8) is 0 Å². The maximum Gasteiger partial charge on any atom is 0.310 e. The van der Waals surface area contributed by atoms with Gasteiger partial charge in [-0.05, 0) is 6.92 Å². The Balaban J connectivity index is 0. The van der Waals surface area contributed by atoms with Crippen LogP contribution in [0.15, 0.2) is 0 Å². The highest BCUT2D eigenvalue weighted by Gasteiger charge is 2.34. The lowest BCUT2D eigenvalue weighted by Crippen LogP contribution is -2.48. The van der Waals surface area contributed by atoms with Crippen molar-refractivity contribution in [2.24, 2.45) is 11.3 Å². The highest BCUT2D eigenvalue weighted by molar-refractivity contribution is 5.82. The number of aliphatic hydroxyl groups excluding tert-OH is 2. The molecule has 20 heavy (non-hydrogen) atoms. The molecule has 0 heterocycles. The molecule has 0 aliphatic heterocycles. The van der Waals surface area contributed by atoms with Crippen LogP contribution in [-0.4, -0.2) is 59.7 Å². The largest absolute Gasteiger partial charge is 0.481 e. The van der Waals surface area contributed by atoms with Crippen LogP contribution in [0.3, 0.4) is 0 Å². The van der Waals surface area contributed by atoms with E-state index in [1.807, 2.05) is 0 Å². The third-order valence-corrected chi connectivity index (χ3v) is 3.15. The van der Waals surface area contributed by atoms with E-state index < -0.39 is 35.4 Å². The van der Waals surface area contributed by atoms with Crippen molar-refractivity contribution in [2.75, 3.05) is 20.3 Å². The lowest BCUT2D eigenvalue weighted by molar-refractivity contribution is -0.146. The molecule has 0 spiro atoms. The molecule has 0 fully saturated rings. The highest BCUT2D eigenvalue weighted by Crippen LogP contribution is 2.19. The van der Waals surface area contributed by atoms with E-state index in [4.69, 9.17) is 14.9 Å². The van der Waals surface area contributed by atoms with E-state index in [1.54, 1.807) is 6.92 Å². The first kappa shape index (κ1) is 21.1. The van der Waals surface area contributed by atoms with Crippen LogP contribution in [-0.2, 0) is 14.3 Å². The van der Waals surface area contributed by atoms with Crippen molar-refractivity contribution < 1.29 is 29.6 Å². The number of carbonyl (C=O) groups is 2. The Hall–Kier alpha value is -1.22. The monoisotopic (exact) mass is 294 g/mol. The Morgan fingerprint density at radius 3 is 2.20 bits per heavy atom. The van der Waals surface area contributed by atoms with Gasteiger partial charge in [0.25, 0.3) is 0 Å². The van der Waals surface area contributed by atoms with Gasteiger partial charge in [-0.15, -0.1) is 0 Å². The Morgan fingerprint density at radius 2 is 1.85 bits per heavy atom. The summed E-state index contributed by atoms with van der Waals surface area (Å²) in [4.78, 5) is 22.7. The van der Waals surface area contributed by atoms with Crippen molar-refractivity contribution in [3.8, 4) is 0 Å². The molecule has 0 aromatic rings. The maximum absolute atomic E-state index is 11.7. The van der Waals surface area contributed by atoms with Gasteiger partial charge in [0.1, 0.15) is 6.10 Å². The Labute approximate surface area is 118 Å². The molecule has 0 radical (unpaired) electrons. The lowest BCUT2D eigenvalue weighted by atomic mass is 9.87. The normalized spacial score (nSPS) is 15.7. The first-order valence-electron chi connectivity index (χ1n) is 5.99. The zero-order chi connectivity index (χ0) is 15.2. The summed E-state index contributed by atoms with van der Waals surface area (Å²) in [6.07, 6.45) is -1.98. The zero-order valence-corrected chi connectivity index (χ0v) is 12.4. The van der Waals surface area contributed by atoms with E-state index in [1.165, 1.54) is 21.0 Å². The quantitative estimate of drug-likeness (QED) is 0.400. The second-order valence-corrected chi connectivity index (χ2v) is 5.18. The van der Waals surface area contributed by atoms with Gasteiger partial charge in [-0.1, -0.05) is 13.8 Å². The average molecular weight is 294 g/mol. The summed E-state index contributed by atoms with van der Waals surface area (Å²) in [6.45, 7) is 4.13. The molecule has 0 aromatic heterocycles. The summed E-state index contributed by atoms with van der Waals surface area (Å²) in [5.74, 6) is -2.71. The molecule has 0 aliphatic carbocycles. The molecule has 0 rings (SSSR count). The number of hydrogen-bond acceptors (Lipinski definition) is 6.